The second kappa shape index (κ2) is 30.9. The summed E-state index contributed by atoms with van der Waals surface area (Å²) < 4.78 is 139. The molecule has 1 fully saturated rings. The van der Waals surface area contributed by atoms with E-state index in [0.717, 1.165) is 64.0 Å². The molecule has 3 N–H and O–H groups in total. The Bertz CT molecular complexity index is 4630. The fourth-order valence-electron chi connectivity index (χ4n) is 8.54. The lowest BCUT2D eigenvalue weighted by Crippen LogP contribution is -2.41. The summed E-state index contributed by atoms with van der Waals surface area (Å²) in [5, 5.41) is 50.6. The van der Waals surface area contributed by atoms with Crippen molar-refractivity contribution in [2.75, 3.05) is 0 Å². The molecule has 1 saturated heterocycles. The largest absolute Gasteiger partial charge is 0.573 e. The van der Waals surface area contributed by atoms with Crippen LogP contribution in [0.2, 0.25) is 0 Å². The number of rotatable bonds is 11. The SMILES string of the molecule is C.C.CCn1nc2c(-c3cnn(C)c3)cn(-c3ccc(OC(F)(F)F)cc3)c(=O)c2n1.CCn1nc2c(Br)c[nH]c(=O)c2n1.CCn1nc2c(Br)cn(-c3ccc(OC(F)(F)F)cc3)c(=O)c2n1.Cn1cc(B2OC(C)(C)C(C)(C)O2)cn1.OB(O)c1ccc(OC(F)(F)F)cc1. The number of nitrogens with zero attached hydrogens (tertiary/aromatic N) is 15. The Morgan fingerprint density at radius 2 is 0.918 bits per heavy atom. The molecule has 9 heterocycles. The lowest BCUT2D eigenvalue weighted by Gasteiger charge is -2.32. The summed E-state index contributed by atoms with van der Waals surface area (Å²) in [6.45, 7) is 15.4. The lowest BCUT2D eigenvalue weighted by molar-refractivity contribution is -0.275. The Morgan fingerprint density at radius 1 is 0.536 bits per heavy atom. The van der Waals surface area contributed by atoms with Gasteiger partial charge in [-0.05, 0) is 146 Å². The van der Waals surface area contributed by atoms with Crippen molar-refractivity contribution in [1.29, 1.82) is 0 Å². The number of aryl methyl sites for hydroxylation is 5. The highest BCUT2D eigenvalue weighted by Crippen LogP contribution is 2.37. The fraction of sp³-hybridized carbons (Fsp3) is 0.328. The number of hydrogen-bond acceptors (Lipinski definition) is 18. The molecule has 1 aliphatic heterocycles. The molecule has 0 aliphatic carbocycles. The molecule has 3 aromatic carbocycles. The van der Waals surface area contributed by atoms with Gasteiger partial charge < -0.3 is 38.6 Å². The number of nitrogens with one attached hydrogen (secondary N) is 1. The van der Waals surface area contributed by atoms with Gasteiger partial charge in [-0.25, -0.2) is 0 Å². The van der Waals surface area contributed by atoms with Crippen molar-refractivity contribution in [3.63, 3.8) is 0 Å². The zero-order valence-corrected chi connectivity index (χ0v) is 54.4. The number of halogens is 11. The van der Waals surface area contributed by atoms with Gasteiger partial charge in [-0.1, -0.05) is 27.0 Å². The van der Waals surface area contributed by atoms with E-state index in [9.17, 15) is 53.9 Å². The van der Waals surface area contributed by atoms with Gasteiger partial charge >= 0.3 is 33.3 Å². The number of H-pyrrole nitrogens is 1. The van der Waals surface area contributed by atoms with E-state index in [-0.39, 0.29) is 66.7 Å². The van der Waals surface area contributed by atoms with Gasteiger partial charge in [0, 0.05) is 79.2 Å². The molecule has 97 heavy (non-hydrogen) atoms. The molecule has 0 saturated carbocycles. The van der Waals surface area contributed by atoms with Crippen LogP contribution >= 0.6 is 31.9 Å². The zero-order valence-electron chi connectivity index (χ0n) is 51.3. The average Bonchev–Trinajstić information content (AvgIpc) is 1.55. The first-order valence-electron chi connectivity index (χ1n) is 28.0. The van der Waals surface area contributed by atoms with Gasteiger partial charge in [0.25, 0.3) is 16.7 Å². The molecule has 8 aromatic heterocycles. The smallest absolute Gasteiger partial charge is 0.423 e. The highest BCUT2D eigenvalue weighted by Gasteiger charge is 2.52. The molecule has 0 unspecified atom stereocenters. The average molecular weight is 1500 g/mol. The number of ether oxygens (including phenoxy) is 3. The van der Waals surface area contributed by atoms with Gasteiger partial charge in [-0.15, -0.1) is 54.8 Å². The molecule has 11 aromatic rings. The normalized spacial score (nSPS) is 13.2. The van der Waals surface area contributed by atoms with E-state index in [0.29, 0.717) is 63.1 Å². The minimum Gasteiger partial charge on any atom is -0.423 e. The van der Waals surface area contributed by atoms with Crippen molar-refractivity contribution in [2.45, 2.75) is 113 Å². The van der Waals surface area contributed by atoms with Crippen molar-refractivity contribution >= 4 is 90.1 Å². The first-order valence-corrected chi connectivity index (χ1v) is 29.6. The number of aromatic nitrogens is 16. The third kappa shape index (κ3) is 19.3. The zero-order chi connectivity index (χ0) is 69.7. The quantitative estimate of drug-likeness (QED) is 0.0802. The van der Waals surface area contributed by atoms with E-state index in [2.05, 4.69) is 91.8 Å². The summed E-state index contributed by atoms with van der Waals surface area (Å²) in [6, 6.07) is 14.3. The topological polar surface area (TPSA) is 291 Å². The van der Waals surface area contributed by atoms with Crippen LogP contribution in [-0.2, 0) is 43.0 Å². The number of alkyl halides is 9. The van der Waals surface area contributed by atoms with Gasteiger partial charge in [0.05, 0.1) is 46.0 Å². The standard InChI is InChI=1S/C18H15F3N6O2.C14H10BrF3N4O2.C10H17BN2O2.C7H6BF3O3.C7H7BrN4O.2CH4/c1-3-27-23-15-14(11-8-22-25(2)9-11)10-26(17(28)16(15)24-27)12-4-6-13(7-5-12)29-18(19,20)21;1-2-22-19-11-10(15)7-21(13(23)12(11)20-22)8-3-5-9(6-4-8)24-14(16,17)18;1-9(2)10(3,4)15-11(14-9)8-6-12-13(5)7-8;9-7(10,11)14-6-3-1-5(2-4-6)8(12)13;1-2-12-10-5-4(8)3-9-7(13)6(5)11-12;;/h4-10H,3H2,1-2H3;3-7H,2H2,1H3;6-7H,1-5H3;1-4,12-13H;3H,2H2,1H3,(H,9,13);2*1H4. The molecular formula is C58H63B2Br2F9N16O10. The highest BCUT2D eigenvalue weighted by atomic mass is 79.9. The minimum absolute atomic E-state index is 0. The van der Waals surface area contributed by atoms with Crippen LogP contribution in [0.4, 0.5) is 39.5 Å². The maximum Gasteiger partial charge on any atom is 0.573 e. The second-order valence-electron chi connectivity index (χ2n) is 21.1. The van der Waals surface area contributed by atoms with Crippen LogP contribution in [0.5, 0.6) is 17.2 Å². The number of fused-ring (bicyclic) bond motifs is 3. The summed E-state index contributed by atoms with van der Waals surface area (Å²) >= 11 is 6.61. The molecular weight excluding hydrogens is 1430 g/mol. The molecule has 0 bridgehead atoms. The minimum atomic E-state index is -4.79. The Labute approximate surface area is 562 Å². The van der Waals surface area contributed by atoms with Crippen LogP contribution in [0.3, 0.4) is 0 Å². The van der Waals surface area contributed by atoms with Gasteiger partial charge in [-0.3, -0.25) is 32.9 Å². The summed E-state index contributed by atoms with van der Waals surface area (Å²) in [7, 11) is 1.65. The molecule has 26 nitrogen and oxygen atoms in total. The summed E-state index contributed by atoms with van der Waals surface area (Å²) in [5.74, 6) is -1.14. The highest BCUT2D eigenvalue weighted by molar-refractivity contribution is 9.11. The second-order valence-corrected chi connectivity index (χ2v) is 22.8. The molecule has 0 radical (unpaired) electrons. The Balaban J connectivity index is 0.000000198. The lowest BCUT2D eigenvalue weighted by atomic mass is 9.80. The van der Waals surface area contributed by atoms with Gasteiger partial charge in [0.2, 0.25) is 0 Å². The summed E-state index contributed by atoms with van der Waals surface area (Å²) in [4.78, 5) is 43.6. The monoisotopic (exact) mass is 1490 g/mol. The predicted octanol–water partition coefficient (Wildman–Crippen LogP) is 9.32. The van der Waals surface area contributed by atoms with Crippen molar-refractivity contribution in [1.82, 2.24) is 78.7 Å². The molecule has 518 valence electrons. The van der Waals surface area contributed by atoms with E-state index in [4.69, 9.17) is 19.4 Å². The molecule has 0 amide bonds. The fourth-order valence-corrected chi connectivity index (χ4v) is 9.40. The Morgan fingerprint density at radius 3 is 1.31 bits per heavy atom. The number of benzene rings is 3. The van der Waals surface area contributed by atoms with Crippen LogP contribution in [0.25, 0.3) is 55.6 Å². The van der Waals surface area contributed by atoms with E-state index < -0.39 is 43.1 Å². The van der Waals surface area contributed by atoms with Crippen molar-refractivity contribution in [2.24, 2.45) is 14.1 Å². The first kappa shape index (κ1) is 76.8. The van der Waals surface area contributed by atoms with Crippen LogP contribution in [0.1, 0.15) is 63.3 Å². The number of hydrogen-bond donors (Lipinski definition) is 3. The van der Waals surface area contributed by atoms with Crippen molar-refractivity contribution < 1.29 is 73.1 Å². The predicted molar refractivity (Wildman–Crippen MR) is 348 cm³/mol. The van der Waals surface area contributed by atoms with Gasteiger partial charge in [0.15, 0.2) is 16.6 Å². The Hall–Kier alpha value is -9.17. The van der Waals surface area contributed by atoms with Crippen LogP contribution in [0, 0.1) is 0 Å². The van der Waals surface area contributed by atoms with Crippen LogP contribution < -0.4 is 41.8 Å². The summed E-state index contributed by atoms with van der Waals surface area (Å²) in [5.41, 5.74) is 3.69. The maximum absolute atomic E-state index is 13.0. The molecule has 12 rings (SSSR count). The molecule has 0 spiro atoms. The van der Waals surface area contributed by atoms with Gasteiger partial charge in [-0.2, -0.15) is 39.9 Å². The number of pyridine rings is 3. The van der Waals surface area contributed by atoms with E-state index in [1.165, 1.54) is 54.0 Å². The van der Waals surface area contributed by atoms with Crippen molar-refractivity contribution in [3.8, 4) is 39.8 Å². The number of aromatic amines is 1. The molecule has 1 aliphatic rings. The van der Waals surface area contributed by atoms with Gasteiger partial charge in [0.1, 0.15) is 33.8 Å². The van der Waals surface area contributed by atoms with E-state index >= 15 is 0 Å². The first-order chi connectivity index (χ1) is 44.4. The van der Waals surface area contributed by atoms with Crippen LogP contribution in [-0.4, -0.2) is 133 Å². The van der Waals surface area contributed by atoms with Crippen LogP contribution in [0.15, 0.2) is 140 Å². The third-order valence-electron chi connectivity index (χ3n) is 13.8. The van der Waals surface area contributed by atoms with E-state index in [1.807, 2.05) is 61.7 Å². The Kier molecular flexibility index (Phi) is 24.5. The third-order valence-corrected chi connectivity index (χ3v) is 15.0. The maximum atomic E-state index is 13.0. The van der Waals surface area contributed by atoms with E-state index in [1.54, 1.807) is 47.4 Å². The molecule has 0 atom stereocenters. The summed E-state index contributed by atoms with van der Waals surface area (Å²) in [6.07, 6.45) is -2.54. The van der Waals surface area contributed by atoms with Crippen molar-refractivity contribution in [3.05, 3.63) is 156 Å². The molecule has 39 heteroatoms.